The topological polar surface area (TPSA) is 30.0 Å². The number of hydrogen-bond acceptors (Lipinski definition) is 3. The molecule has 0 fully saturated rings. The second-order valence-corrected chi connectivity index (χ2v) is 3.32. The second-order valence-electron chi connectivity index (χ2n) is 1.82. The zero-order chi connectivity index (χ0) is 8.27. The van der Waals surface area contributed by atoms with Gasteiger partial charge in [-0.3, -0.25) is 4.79 Å². The van der Waals surface area contributed by atoms with Crippen LogP contribution in [0.2, 0.25) is 0 Å². The molecule has 0 aromatic carbocycles. The first-order valence-electron chi connectivity index (χ1n) is 2.87. The minimum Gasteiger partial charge on any atom is -0.291 e. The smallest absolute Gasteiger partial charge is 0.192 e. The maximum absolute atomic E-state index is 11.9. The van der Waals surface area contributed by atoms with Gasteiger partial charge in [0.05, 0.1) is 5.33 Å². The fourth-order valence-corrected chi connectivity index (χ4v) is 1.50. The molecule has 60 valence electrons. The summed E-state index contributed by atoms with van der Waals surface area (Å²) >= 11 is 4.17. The molecule has 1 aromatic heterocycles. The summed E-state index contributed by atoms with van der Waals surface area (Å²) in [5.74, 6) is -0.110. The Balaban J connectivity index is 2.80. The summed E-state index contributed by atoms with van der Waals surface area (Å²) in [6.45, 7) is -0.597. The van der Waals surface area contributed by atoms with Crippen molar-refractivity contribution in [2.45, 2.75) is 6.67 Å². The molecule has 2 nitrogen and oxygen atoms in total. The zero-order valence-corrected chi connectivity index (χ0v) is 7.91. The van der Waals surface area contributed by atoms with E-state index in [0.717, 1.165) is 0 Å². The van der Waals surface area contributed by atoms with Crippen LogP contribution < -0.4 is 0 Å². The zero-order valence-electron chi connectivity index (χ0n) is 5.51. The Morgan fingerprint density at radius 3 is 3.00 bits per heavy atom. The lowest BCUT2D eigenvalue weighted by Gasteiger charge is -1.86. The maximum atomic E-state index is 11.9. The van der Waals surface area contributed by atoms with Crippen LogP contribution in [-0.2, 0) is 6.67 Å². The molecular weight excluding hydrogens is 233 g/mol. The van der Waals surface area contributed by atoms with Gasteiger partial charge in [-0.2, -0.15) is 0 Å². The maximum Gasteiger partial charge on any atom is 0.192 e. The van der Waals surface area contributed by atoms with E-state index in [-0.39, 0.29) is 11.1 Å². The molecular formula is C6H5BrFNOS. The van der Waals surface area contributed by atoms with Gasteiger partial charge in [0.2, 0.25) is 0 Å². The van der Waals surface area contributed by atoms with Crippen LogP contribution >= 0.6 is 27.3 Å². The van der Waals surface area contributed by atoms with Crippen LogP contribution in [0.5, 0.6) is 0 Å². The Morgan fingerprint density at radius 1 is 1.82 bits per heavy atom. The highest BCUT2D eigenvalue weighted by Crippen LogP contribution is 2.11. The first-order valence-corrected chi connectivity index (χ1v) is 4.87. The lowest BCUT2D eigenvalue weighted by atomic mass is 10.4. The second kappa shape index (κ2) is 3.92. The van der Waals surface area contributed by atoms with E-state index in [2.05, 4.69) is 20.9 Å². The van der Waals surface area contributed by atoms with E-state index in [1.165, 1.54) is 11.3 Å². The van der Waals surface area contributed by atoms with Crippen LogP contribution in [0.1, 0.15) is 15.5 Å². The number of aromatic nitrogens is 1. The molecule has 1 heterocycles. The number of halogens is 2. The Labute approximate surface area is 75.6 Å². The van der Waals surface area contributed by atoms with E-state index in [9.17, 15) is 9.18 Å². The largest absolute Gasteiger partial charge is 0.291 e. The van der Waals surface area contributed by atoms with Crippen molar-refractivity contribution in [3.63, 3.8) is 0 Å². The molecule has 11 heavy (non-hydrogen) atoms. The fourth-order valence-electron chi connectivity index (χ4n) is 0.569. The van der Waals surface area contributed by atoms with Crippen LogP contribution in [0.25, 0.3) is 0 Å². The summed E-state index contributed by atoms with van der Waals surface area (Å²) in [5.41, 5.74) is 0.347. The van der Waals surface area contributed by atoms with Crippen molar-refractivity contribution < 1.29 is 9.18 Å². The highest BCUT2D eigenvalue weighted by atomic mass is 79.9. The fraction of sp³-hybridized carbons (Fsp3) is 0.333. The number of nitrogens with zero attached hydrogens (tertiary/aromatic N) is 1. The normalized spacial score (nSPS) is 10.0. The van der Waals surface area contributed by atoms with Crippen LogP contribution in [0.4, 0.5) is 4.39 Å². The van der Waals surface area contributed by atoms with Crippen LogP contribution in [0.15, 0.2) is 5.38 Å². The van der Waals surface area contributed by atoms with Crippen molar-refractivity contribution in [2.24, 2.45) is 0 Å². The number of carbonyl (C=O) groups is 1. The number of carbonyl (C=O) groups excluding carboxylic acids is 1. The summed E-state index contributed by atoms with van der Waals surface area (Å²) in [6, 6.07) is 0. The minimum atomic E-state index is -0.597. The van der Waals surface area contributed by atoms with Crippen LogP contribution in [-0.4, -0.2) is 16.1 Å². The molecule has 0 aliphatic heterocycles. The molecule has 0 spiro atoms. The number of Topliss-reactive ketones (excluding diaryl/α,β-unsaturated/α-hetero) is 1. The van der Waals surface area contributed by atoms with Crippen molar-refractivity contribution in [1.29, 1.82) is 0 Å². The predicted octanol–water partition coefficient (Wildman–Crippen LogP) is 2.19. The van der Waals surface area contributed by atoms with E-state index < -0.39 is 6.67 Å². The van der Waals surface area contributed by atoms with Crippen molar-refractivity contribution in [3.8, 4) is 0 Å². The van der Waals surface area contributed by atoms with Gasteiger partial charge in [0.25, 0.3) is 0 Å². The van der Waals surface area contributed by atoms with Crippen molar-refractivity contribution in [2.75, 3.05) is 5.33 Å². The highest BCUT2D eigenvalue weighted by Gasteiger charge is 2.08. The van der Waals surface area contributed by atoms with Crippen molar-refractivity contribution in [3.05, 3.63) is 16.1 Å². The number of ketones is 1. The van der Waals surface area contributed by atoms with Gasteiger partial charge in [-0.05, 0) is 0 Å². The molecule has 0 atom stereocenters. The Kier molecular flexibility index (Phi) is 3.14. The monoisotopic (exact) mass is 237 g/mol. The SMILES string of the molecule is O=C(CBr)c1csc(CF)n1. The van der Waals surface area contributed by atoms with Gasteiger partial charge in [-0.25, -0.2) is 9.37 Å². The standard InChI is InChI=1S/C6H5BrFNOS/c7-1-5(10)4-3-11-6(2-8)9-4/h3H,1-2H2. The van der Waals surface area contributed by atoms with Gasteiger partial charge >= 0.3 is 0 Å². The molecule has 0 radical (unpaired) electrons. The predicted molar refractivity (Wildman–Crippen MR) is 45.1 cm³/mol. The summed E-state index contributed by atoms with van der Waals surface area (Å²) in [7, 11) is 0. The van der Waals surface area contributed by atoms with Gasteiger partial charge in [-0.1, -0.05) is 15.9 Å². The van der Waals surface area contributed by atoms with Gasteiger partial charge in [0.1, 0.15) is 17.4 Å². The van der Waals surface area contributed by atoms with Crippen LogP contribution in [0.3, 0.4) is 0 Å². The average molecular weight is 238 g/mol. The molecule has 5 heteroatoms. The van der Waals surface area contributed by atoms with E-state index in [1.54, 1.807) is 5.38 Å². The third-order valence-corrected chi connectivity index (χ3v) is 2.40. The minimum absolute atomic E-state index is 0.110. The number of alkyl halides is 2. The van der Waals surface area contributed by atoms with Gasteiger partial charge in [0.15, 0.2) is 5.78 Å². The van der Waals surface area contributed by atoms with E-state index in [4.69, 9.17) is 0 Å². The highest BCUT2D eigenvalue weighted by molar-refractivity contribution is 9.09. The molecule has 0 unspecified atom stereocenters. The molecule has 0 aliphatic carbocycles. The average Bonchev–Trinajstić information content (AvgIpc) is 2.50. The molecule has 0 amide bonds. The summed E-state index contributed by atoms with van der Waals surface area (Å²) in [4.78, 5) is 14.7. The third-order valence-electron chi connectivity index (χ3n) is 1.07. The Morgan fingerprint density at radius 2 is 2.55 bits per heavy atom. The number of thiazole rings is 1. The summed E-state index contributed by atoms with van der Waals surface area (Å²) in [5, 5.41) is 2.16. The molecule has 0 aliphatic rings. The lowest BCUT2D eigenvalue weighted by Crippen LogP contribution is -1.99. The van der Waals surface area contributed by atoms with Gasteiger partial charge in [-0.15, -0.1) is 11.3 Å². The van der Waals surface area contributed by atoms with Gasteiger partial charge in [0, 0.05) is 5.38 Å². The first-order chi connectivity index (χ1) is 5.27. The van der Waals surface area contributed by atoms with Crippen molar-refractivity contribution >= 4 is 33.0 Å². The quantitative estimate of drug-likeness (QED) is 0.596. The lowest BCUT2D eigenvalue weighted by molar-refractivity contribution is 0.101. The van der Waals surface area contributed by atoms with E-state index in [1.807, 2.05) is 0 Å². The van der Waals surface area contributed by atoms with E-state index in [0.29, 0.717) is 10.7 Å². The molecule has 0 saturated carbocycles. The molecule has 0 saturated heterocycles. The molecule has 0 bridgehead atoms. The summed E-state index contributed by atoms with van der Waals surface area (Å²) < 4.78 is 11.9. The molecule has 1 aromatic rings. The molecule has 0 N–H and O–H groups in total. The summed E-state index contributed by atoms with van der Waals surface area (Å²) in [6.07, 6.45) is 0. The van der Waals surface area contributed by atoms with Crippen LogP contribution in [0, 0.1) is 0 Å². The number of rotatable bonds is 3. The first kappa shape index (κ1) is 8.80. The Bertz CT molecular complexity index is 263. The third kappa shape index (κ3) is 2.07. The van der Waals surface area contributed by atoms with E-state index >= 15 is 0 Å². The van der Waals surface area contributed by atoms with Gasteiger partial charge < -0.3 is 0 Å². The van der Waals surface area contributed by atoms with Crippen molar-refractivity contribution in [1.82, 2.24) is 4.98 Å². The molecule has 1 rings (SSSR count). The Hall–Kier alpha value is -0.290. The number of hydrogen-bond donors (Lipinski definition) is 0.